The average Bonchev–Trinajstić information content (AvgIpc) is 2.72. The Morgan fingerprint density at radius 3 is 2.48 bits per heavy atom. The zero-order valence-electron chi connectivity index (χ0n) is 15.3. The number of aromatic nitrogens is 2. The first-order valence-electron chi connectivity index (χ1n) is 8.75. The fourth-order valence-electron chi connectivity index (χ4n) is 2.79. The molecular formula is C21H22N2O3S. The minimum absolute atomic E-state index is 0.132. The Morgan fingerprint density at radius 1 is 1.15 bits per heavy atom. The highest BCUT2D eigenvalue weighted by atomic mass is 32.2. The van der Waals surface area contributed by atoms with E-state index in [2.05, 4.69) is 9.97 Å². The molecule has 0 bridgehead atoms. The van der Waals surface area contributed by atoms with Gasteiger partial charge in [-0.15, -0.1) is 0 Å². The number of hydrogen-bond donors (Lipinski definition) is 2. The van der Waals surface area contributed by atoms with Gasteiger partial charge in [0.05, 0.1) is 18.9 Å². The minimum Gasteiger partial charge on any atom is -0.497 e. The van der Waals surface area contributed by atoms with Crippen molar-refractivity contribution >= 4 is 11.8 Å². The number of aromatic amines is 1. The fraction of sp³-hybridized carbons (Fsp3) is 0.238. The Hall–Kier alpha value is -2.57. The maximum atomic E-state index is 12.5. The van der Waals surface area contributed by atoms with Crippen LogP contribution in [-0.4, -0.2) is 27.9 Å². The van der Waals surface area contributed by atoms with Crippen LogP contribution in [0.15, 0.2) is 64.5 Å². The number of methoxy groups -OCH3 is 1. The number of rotatable bonds is 7. The number of ether oxygens (including phenoxy) is 1. The van der Waals surface area contributed by atoms with Crippen LogP contribution in [0, 0.1) is 0 Å². The largest absolute Gasteiger partial charge is 0.497 e. The van der Waals surface area contributed by atoms with Gasteiger partial charge >= 0.3 is 0 Å². The topological polar surface area (TPSA) is 75.2 Å². The number of benzene rings is 2. The highest BCUT2D eigenvalue weighted by molar-refractivity contribution is 7.99. The van der Waals surface area contributed by atoms with Crippen LogP contribution in [0.1, 0.15) is 24.2 Å². The molecule has 2 N–H and O–H groups in total. The van der Waals surface area contributed by atoms with E-state index in [0.29, 0.717) is 28.6 Å². The van der Waals surface area contributed by atoms with Gasteiger partial charge in [0.2, 0.25) is 0 Å². The van der Waals surface area contributed by atoms with E-state index in [-0.39, 0.29) is 5.56 Å². The maximum Gasteiger partial charge on any atom is 0.255 e. The summed E-state index contributed by atoms with van der Waals surface area (Å²) in [5, 5.41) is 10.9. The van der Waals surface area contributed by atoms with Crippen LogP contribution in [-0.2, 0) is 6.42 Å². The normalized spacial score (nSPS) is 12.0. The molecule has 5 nitrogen and oxygen atoms in total. The van der Waals surface area contributed by atoms with Crippen molar-refractivity contribution in [2.24, 2.45) is 0 Å². The van der Waals surface area contributed by atoms with Crippen molar-refractivity contribution in [1.29, 1.82) is 0 Å². The van der Waals surface area contributed by atoms with E-state index in [4.69, 9.17) is 4.74 Å². The fourth-order valence-corrected chi connectivity index (χ4v) is 3.62. The second-order valence-electron chi connectivity index (χ2n) is 6.02. The van der Waals surface area contributed by atoms with Gasteiger partial charge < -0.3 is 14.8 Å². The van der Waals surface area contributed by atoms with Crippen LogP contribution in [0.3, 0.4) is 0 Å². The highest BCUT2D eigenvalue weighted by Gasteiger charge is 2.14. The van der Waals surface area contributed by atoms with Crippen LogP contribution in [0.2, 0.25) is 0 Å². The Kier molecular flexibility index (Phi) is 6.32. The van der Waals surface area contributed by atoms with Crippen molar-refractivity contribution in [3.63, 3.8) is 0 Å². The van der Waals surface area contributed by atoms with Gasteiger partial charge in [0.15, 0.2) is 5.16 Å². The van der Waals surface area contributed by atoms with Crippen molar-refractivity contribution in [2.45, 2.75) is 24.6 Å². The first-order valence-corrected chi connectivity index (χ1v) is 9.74. The molecule has 0 aliphatic carbocycles. The molecule has 3 aromatic rings. The lowest BCUT2D eigenvalue weighted by molar-refractivity contribution is 0.204. The molecule has 1 heterocycles. The molecule has 1 atom stereocenters. The standard InChI is InChI=1S/C21H22N2O3S/c1-3-17-19(15-7-5-4-6-8-15)22-21(23-20(17)25)27-13-18(24)14-9-11-16(26-2)12-10-14/h4-12,18,24H,3,13H2,1-2H3,(H,22,23,25). The number of nitrogens with zero attached hydrogens (tertiary/aromatic N) is 1. The summed E-state index contributed by atoms with van der Waals surface area (Å²) in [5.74, 6) is 1.13. The first-order chi connectivity index (χ1) is 13.1. The van der Waals surface area contributed by atoms with Gasteiger partial charge in [0, 0.05) is 16.9 Å². The highest BCUT2D eigenvalue weighted by Crippen LogP contribution is 2.26. The van der Waals surface area contributed by atoms with E-state index in [0.717, 1.165) is 16.9 Å². The van der Waals surface area contributed by atoms with Crippen LogP contribution in [0.25, 0.3) is 11.3 Å². The SMILES string of the molecule is CCc1c(-c2ccccc2)nc(SCC(O)c2ccc(OC)cc2)[nH]c1=O. The summed E-state index contributed by atoms with van der Waals surface area (Å²) < 4.78 is 5.13. The molecule has 0 saturated carbocycles. The molecule has 1 unspecified atom stereocenters. The summed E-state index contributed by atoms with van der Waals surface area (Å²) in [7, 11) is 1.60. The molecule has 0 saturated heterocycles. The average molecular weight is 382 g/mol. The van der Waals surface area contributed by atoms with E-state index in [1.807, 2.05) is 61.5 Å². The Labute approximate surface area is 162 Å². The van der Waals surface area contributed by atoms with Gasteiger partial charge in [-0.2, -0.15) is 0 Å². The lowest BCUT2D eigenvalue weighted by Crippen LogP contribution is -2.16. The quantitative estimate of drug-likeness (QED) is 0.480. The molecule has 0 amide bonds. The molecule has 0 radical (unpaired) electrons. The third-order valence-electron chi connectivity index (χ3n) is 4.27. The van der Waals surface area contributed by atoms with E-state index >= 15 is 0 Å². The lowest BCUT2D eigenvalue weighted by atomic mass is 10.1. The molecule has 6 heteroatoms. The van der Waals surface area contributed by atoms with Gasteiger partial charge in [-0.25, -0.2) is 4.98 Å². The molecule has 0 aliphatic rings. The summed E-state index contributed by atoms with van der Waals surface area (Å²) in [6.45, 7) is 1.94. The van der Waals surface area contributed by atoms with Gasteiger partial charge in [-0.1, -0.05) is 61.2 Å². The van der Waals surface area contributed by atoms with E-state index in [1.54, 1.807) is 7.11 Å². The number of H-pyrrole nitrogens is 1. The molecule has 1 aromatic heterocycles. The number of hydrogen-bond acceptors (Lipinski definition) is 5. The smallest absolute Gasteiger partial charge is 0.255 e. The first kappa shape index (κ1) is 19.2. The van der Waals surface area contributed by atoms with Crippen molar-refractivity contribution in [1.82, 2.24) is 9.97 Å². The number of thioether (sulfide) groups is 1. The summed E-state index contributed by atoms with van der Waals surface area (Å²) in [6, 6.07) is 17.0. The van der Waals surface area contributed by atoms with Crippen LogP contribution in [0.4, 0.5) is 0 Å². The summed E-state index contributed by atoms with van der Waals surface area (Å²) in [6.07, 6.45) is -0.0661. The maximum absolute atomic E-state index is 12.5. The minimum atomic E-state index is -0.669. The number of aliphatic hydroxyl groups excluding tert-OH is 1. The molecule has 140 valence electrons. The lowest BCUT2D eigenvalue weighted by Gasteiger charge is -2.12. The molecule has 0 aliphatic heterocycles. The molecular weight excluding hydrogens is 360 g/mol. The van der Waals surface area contributed by atoms with Crippen molar-refractivity contribution in [3.8, 4) is 17.0 Å². The monoisotopic (exact) mass is 382 g/mol. The van der Waals surface area contributed by atoms with E-state index in [1.165, 1.54) is 11.8 Å². The number of nitrogens with one attached hydrogen (secondary N) is 1. The summed E-state index contributed by atoms with van der Waals surface area (Å²) in [4.78, 5) is 19.9. The molecule has 3 rings (SSSR count). The van der Waals surface area contributed by atoms with Crippen LogP contribution in [0.5, 0.6) is 5.75 Å². The van der Waals surface area contributed by atoms with Gasteiger partial charge in [0.25, 0.3) is 5.56 Å². The predicted molar refractivity (Wildman–Crippen MR) is 108 cm³/mol. The summed E-state index contributed by atoms with van der Waals surface area (Å²) in [5.41, 5.74) is 2.94. The third-order valence-corrected chi connectivity index (χ3v) is 5.22. The van der Waals surface area contributed by atoms with Crippen LogP contribution < -0.4 is 10.3 Å². The Balaban J connectivity index is 1.80. The van der Waals surface area contributed by atoms with Gasteiger partial charge in [-0.05, 0) is 24.1 Å². The Morgan fingerprint density at radius 2 is 1.85 bits per heavy atom. The zero-order valence-corrected chi connectivity index (χ0v) is 16.1. The molecule has 2 aromatic carbocycles. The molecule has 0 spiro atoms. The second kappa shape index (κ2) is 8.88. The van der Waals surface area contributed by atoms with Crippen LogP contribution >= 0.6 is 11.8 Å². The van der Waals surface area contributed by atoms with Gasteiger partial charge in [-0.3, -0.25) is 4.79 Å². The summed E-state index contributed by atoms with van der Waals surface area (Å²) >= 11 is 1.33. The van der Waals surface area contributed by atoms with Crippen molar-refractivity contribution in [2.75, 3.05) is 12.9 Å². The molecule has 27 heavy (non-hydrogen) atoms. The van der Waals surface area contributed by atoms with E-state index in [9.17, 15) is 9.90 Å². The Bertz CT molecular complexity index is 940. The van der Waals surface area contributed by atoms with Crippen molar-refractivity contribution < 1.29 is 9.84 Å². The zero-order chi connectivity index (χ0) is 19.2. The predicted octanol–water partition coefficient (Wildman–Crippen LogP) is 3.83. The molecule has 0 fully saturated rings. The number of aliphatic hydroxyl groups is 1. The van der Waals surface area contributed by atoms with Crippen molar-refractivity contribution in [3.05, 3.63) is 76.1 Å². The second-order valence-corrected chi connectivity index (χ2v) is 7.03. The van der Waals surface area contributed by atoms with E-state index < -0.39 is 6.10 Å². The third kappa shape index (κ3) is 4.59. The van der Waals surface area contributed by atoms with Gasteiger partial charge in [0.1, 0.15) is 5.75 Å².